The van der Waals surface area contributed by atoms with Crippen molar-refractivity contribution in [2.75, 3.05) is 6.61 Å². The van der Waals surface area contributed by atoms with Gasteiger partial charge in [-0.1, -0.05) is 0 Å². The van der Waals surface area contributed by atoms with E-state index in [1.54, 1.807) is 69.2 Å². The molecular formula is C26H44O10. The lowest BCUT2D eigenvalue weighted by atomic mass is 10.0. The molecule has 208 valence electrons. The van der Waals surface area contributed by atoms with E-state index in [1.165, 1.54) is 0 Å². The number of carbonyl (C=O) groups excluding carboxylic acids is 3. The molecule has 36 heavy (non-hydrogen) atoms. The van der Waals surface area contributed by atoms with Crippen LogP contribution in [0.4, 0.5) is 0 Å². The summed E-state index contributed by atoms with van der Waals surface area (Å²) in [6.45, 7) is 17.6. The zero-order valence-corrected chi connectivity index (χ0v) is 23.4. The maximum atomic E-state index is 12.9. The maximum absolute atomic E-state index is 12.9. The quantitative estimate of drug-likeness (QED) is 0.365. The first-order chi connectivity index (χ1) is 16.2. The topological polar surface area (TPSA) is 116 Å². The van der Waals surface area contributed by atoms with Crippen LogP contribution in [-0.4, -0.2) is 71.7 Å². The Bertz CT molecular complexity index is 790. The molecule has 2 saturated heterocycles. The van der Waals surface area contributed by atoms with Crippen molar-refractivity contribution in [3.05, 3.63) is 0 Å². The van der Waals surface area contributed by atoms with Crippen molar-refractivity contribution in [1.29, 1.82) is 0 Å². The molecule has 0 saturated carbocycles. The minimum absolute atomic E-state index is 0.00253. The smallest absolute Gasteiger partial charge is 0.335 e. The molecule has 2 rings (SSSR count). The van der Waals surface area contributed by atoms with Crippen molar-refractivity contribution in [3.63, 3.8) is 0 Å². The molecule has 0 aromatic rings. The van der Waals surface area contributed by atoms with Crippen LogP contribution in [0.25, 0.3) is 0 Å². The average Bonchev–Trinajstić information content (AvgIpc) is 2.60. The van der Waals surface area contributed by atoms with Crippen LogP contribution in [0, 0.1) is 0 Å². The third-order valence-electron chi connectivity index (χ3n) is 5.08. The number of hydrogen-bond acceptors (Lipinski definition) is 10. The molecule has 10 heteroatoms. The normalized spacial score (nSPS) is 28.2. The van der Waals surface area contributed by atoms with Crippen LogP contribution >= 0.6 is 0 Å². The highest BCUT2D eigenvalue weighted by atomic mass is 16.7. The highest BCUT2D eigenvalue weighted by Crippen LogP contribution is 2.31. The van der Waals surface area contributed by atoms with E-state index in [2.05, 4.69) is 0 Å². The van der Waals surface area contributed by atoms with Crippen molar-refractivity contribution in [3.8, 4) is 0 Å². The number of esters is 3. The molecule has 0 radical (unpaired) electrons. The van der Waals surface area contributed by atoms with Crippen LogP contribution in [0.5, 0.6) is 0 Å². The Hall–Kier alpha value is -1.75. The summed E-state index contributed by atoms with van der Waals surface area (Å²) in [5, 5.41) is 0. The van der Waals surface area contributed by atoms with E-state index in [1.807, 2.05) is 0 Å². The van der Waals surface area contributed by atoms with Gasteiger partial charge in [0.2, 0.25) is 0 Å². The summed E-state index contributed by atoms with van der Waals surface area (Å²) in [5.74, 6) is -3.39. The van der Waals surface area contributed by atoms with Gasteiger partial charge in [0.1, 0.15) is 17.8 Å². The molecule has 2 fully saturated rings. The van der Waals surface area contributed by atoms with Gasteiger partial charge in [-0.25, -0.2) is 4.79 Å². The van der Waals surface area contributed by atoms with Gasteiger partial charge in [0.05, 0.1) is 31.2 Å². The Labute approximate surface area is 214 Å². The van der Waals surface area contributed by atoms with Gasteiger partial charge < -0.3 is 33.2 Å². The summed E-state index contributed by atoms with van der Waals surface area (Å²) >= 11 is 0. The van der Waals surface area contributed by atoms with Crippen LogP contribution in [0.2, 0.25) is 0 Å². The molecular weight excluding hydrogens is 472 g/mol. The Kier molecular flexibility index (Phi) is 9.59. The van der Waals surface area contributed by atoms with Crippen LogP contribution in [0.1, 0.15) is 94.9 Å². The minimum atomic E-state index is -1.08. The fourth-order valence-electron chi connectivity index (χ4n) is 4.23. The molecule has 2 heterocycles. The van der Waals surface area contributed by atoms with Crippen molar-refractivity contribution in [2.24, 2.45) is 0 Å². The molecule has 0 N–H and O–H groups in total. The van der Waals surface area contributed by atoms with E-state index >= 15 is 0 Å². The van der Waals surface area contributed by atoms with E-state index in [0.29, 0.717) is 6.42 Å². The summed E-state index contributed by atoms with van der Waals surface area (Å²) in [6, 6.07) is 0. The molecule has 0 bridgehead atoms. The first-order valence-corrected chi connectivity index (χ1v) is 12.5. The number of ether oxygens (including phenoxy) is 7. The lowest BCUT2D eigenvalue weighted by Gasteiger charge is -2.41. The van der Waals surface area contributed by atoms with Gasteiger partial charge in [-0.2, -0.15) is 0 Å². The van der Waals surface area contributed by atoms with Gasteiger partial charge in [-0.05, 0) is 69.2 Å². The van der Waals surface area contributed by atoms with Crippen LogP contribution in [0.3, 0.4) is 0 Å². The third-order valence-corrected chi connectivity index (χ3v) is 5.08. The van der Waals surface area contributed by atoms with Crippen LogP contribution in [-0.2, 0) is 47.5 Å². The number of carbonyl (C=O) groups is 3. The third kappa shape index (κ3) is 11.1. The van der Waals surface area contributed by atoms with Gasteiger partial charge in [0.25, 0.3) is 0 Å². The minimum Gasteiger partial charge on any atom is -0.461 e. The Morgan fingerprint density at radius 3 is 1.58 bits per heavy atom. The summed E-state index contributed by atoms with van der Waals surface area (Å²) in [4.78, 5) is 37.4. The van der Waals surface area contributed by atoms with E-state index in [4.69, 9.17) is 33.2 Å². The van der Waals surface area contributed by atoms with E-state index in [0.717, 1.165) is 0 Å². The van der Waals surface area contributed by atoms with Crippen molar-refractivity contribution >= 4 is 17.9 Å². The second-order valence-electron chi connectivity index (χ2n) is 12.3. The predicted octanol–water partition coefficient (Wildman–Crippen LogP) is 3.81. The number of rotatable bonds is 7. The molecule has 0 spiro atoms. The maximum Gasteiger partial charge on any atom is 0.335 e. The highest BCUT2D eigenvalue weighted by molar-refractivity contribution is 5.75. The van der Waals surface area contributed by atoms with Gasteiger partial charge >= 0.3 is 17.9 Å². The largest absolute Gasteiger partial charge is 0.461 e. The fraction of sp³-hybridized carbons (Fsp3) is 0.885. The monoisotopic (exact) mass is 516 g/mol. The highest BCUT2D eigenvalue weighted by Gasteiger charge is 2.42. The zero-order valence-electron chi connectivity index (χ0n) is 23.4. The van der Waals surface area contributed by atoms with Gasteiger partial charge in [-0.3, -0.25) is 9.59 Å². The van der Waals surface area contributed by atoms with Gasteiger partial charge in [-0.15, -0.1) is 0 Å². The molecule has 10 nitrogen and oxygen atoms in total. The van der Waals surface area contributed by atoms with Crippen molar-refractivity contribution < 1.29 is 47.5 Å². The Balaban J connectivity index is 1.93. The molecule has 2 aliphatic rings. The van der Waals surface area contributed by atoms with Crippen LogP contribution in [0.15, 0.2) is 0 Å². The SMILES string of the molecule is CC(C)(C)OC(=O)C[C@@H]1C[C@H](COC(=O)[C@@H]2C[C@H](CC(=O)OC(C)(C)C)OC(C)(C)O2)OC(C)(C)O1. The molecule has 0 aliphatic carbocycles. The fourth-order valence-corrected chi connectivity index (χ4v) is 4.23. The van der Waals surface area contributed by atoms with E-state index < -0.39 is 59.1 Å². The van der Waals surface area contributed by atoms with E-state index in [-0.39, 0.29) is 31.8 Å². The van der Waals surface area contributed by atoms with Crippen molar-refractivity contribution in [2.45, 2.75) is 142 Å². The second kappa shape index (κ2) is 11.3. The molecule has 0 aromatic heterocycles. The summed E-state index contributed by atoms with van der Waals surface area (Å²) < 4.78 is 39.7. The summed E-state index contributed by atoms with van der Waals surface area (Å²) in [6.07, 6.45) is -1.81. The molecule has 0 amide bonds. The van der Waals surface area contributed by atoms with Crippen LogP contribution < -0.4 is 0 Å². The van der Waals surface area contributed by atoms with E-state index in [9.17, 15) is 14.4 Å². The summed E-state index contributed by atoms with van der Waals surface area (Å²) in [5.41, 5.74) is -1.21. The average molecular weight is 517 g/mol. The number of hydrogen-bond donors (Lipinski definition) is 0. The first-order valence-electron chi connectivity index (χ1n) is 12.5. The first kappa shape index (κ1) is 30.5. The zero-order chi connectivity index (χ0) is 27.5. The summed E-state index contributed by atoms with van der Waals surface area (Å²) in [7, 11) is 0. The van der Waals surface area contributed by atoms with Gasteiger partial charge in [0.15, 0.2) is 17.7 Å². The molecule has 0 aromatic carbocycles. The predicted molar refractivity (Wildman–Crippen MR) is 129 cm³/mol. The Morgan fingerprint density at radius 2 is 1.11 bits per heavy atom. The molecule has 2 aliphatic heterocycles. The Morgan fingerprint density at radius 1 is 0.694 bits per heavy atom. The second-order valence-corrected chi connectivity index (χ2v) is 12.3. The molecule has 0 unspecified atom stereocenters. The lowest BCUT2D eigenvalue weighted by molar-refractivity contribution is -0.309. The van der Waals surface area contributed by atoms with Crippen molar-refractivity contribution in [1.82, 2.24) is 0 Å². The molecule has 4 atom stereocenters. The lowest BCUT2D eigenvalue weighted by Crippen LogP contribution is -2.50. The van der Waals surface area contributed by atoms with Gasteiger partial charge in [0, 0.05) is 12.8 Å². The standard InChI is InChI=1S/C26H44O10/c1-23(2,3)35-20(27)13-16-11-18(33-25(7,8)31-16)15-30-22(29)19-12-17(32-26(9,10)34-19)14-21(28)36-24(4,5)6/h16-19H,11-15H2,1-10H3/t16-,17+,18+,19-/m0/s1.